The molecule has 0 heterocycles. The zero-order valence-electron chi connectivity index (χ0n) is 8.49. The number of nitrogens with one attached hydrogen (secondary N) is 1. The molecule has 6 heteroatoms. The van der Waals surface area contributed by atoms with Crippen LogP contribution in [-0.4, -0.2) is 32.2 Å². The third kappa shape index (κ3) is 4.84. The van der Waals surface area contributed by atoms with E-state index in [0.29, 0.717) is 13.0 Å². The Labute approximate surface area is 90.1 Å². The smallest absolute Gasteiger partial charge is 0.214 e. The molecule has 0 amide bonds. The molecule has 0 saturated carbocycles. The van der Waals surface area contributed by atoms with Crippen LogP contribution in [0.2, 0.25) is 0 Å². The highest BCUT2D eigenvalue weighted by molar-refractivity contribution is 7.98. The Hall–Kier alpha value is -0.250. The summed E-state index contributed by atoms with van der Waals surface area (Å²) in [6, 6.07) is 1.78. The molecule has 1 unspecified atom stereocenters. The van der Waals surface area contributed by atoms with Crippen molar-refractivity contribution in [3.63, 3.8) is 0 Å². The van der Waals surface area contributed by atoms with E-state index in [-0.39, 0.29) is 0 Å². The van der Waals surface area contributed by atoms with Crippen LogP contribution in [-0.2, 0) is 10.0 Å². The minimum Gasteiger partial charge on any atom is -0.214 e. The van der Waals surface area contributed by atoms with Crippen molar-refractivity contribution in [2.45, 2.75) is 25.0 Å². The van der Waals surface area contributed by atoms with Gasteiger partial charge in [0.2, 0.25) is 10.0 Å². The lowest BCUT2D eigenvalue weighted by atomic mass is 10.4. The highest BCUT2D eigenvalue weighted by Gasteiger charge is 2.22. The van der Waals surface area contributed by atoms with Crippen LogP contribution in [0.15, 0.2) is 0 Å². The Bertz CT molecular complexity index is 282. The predicted molar refractivity (Wildman–Crippen MR) is 59.6 cm³/mol. The first kappa shape index (κ1) is 13.8. The molecule has 82 valence electrons. The van der Waals surface area contributed by atoms with Crippen LogP contribution in [0, 0.1) is 11.3 Å². The molecule has 0 aliphatic heterocycles. The van der Waals surface area contributed by atoms with Crippen LogP contribution in [0.3, 0.4) is 0 Å². The standard InChI is InChI=1S/C8H16N2O2S2/c1-3-8(7-9)14(11,12)10-5-4-6-13-2/h8,10H,3-6H2,1-2H3. The molecule has 0 radical (unpaired) electrons. The number of nitrogens with zero attached hydrogens (tertiary/aromatic N) is 1. The Kier molecular flexibility index (Phi) is 6.97. The fourth-order valence-electron chi connectivity index (χ4n) is 0.912. The predicted octanol–water partition coefficient (Wildman–Crippen LogP) is 0.961. The molecule has 0 aromatic heterocycles. The van der Waals surface area contributed by atoms with Crippen molar-refractivity contribution in [3.05, 3.63) is 0 Å². The van der Waals surface area contributed by atoms with Crippen molar-refractivity contribution in [2.24, 2.45) is 0 Å². The van der Waals surface area contributed by atoms with E-state index >= 15 is 0 Å². The average Bonchev–Trinajstić information content (AvgIpc) is 2.14. The molecule has 1 N–H and O–H groups in total. The van der Waals surface area contributed by atoms with Gasteiger partial charge in [0.15, 0.2) is 5.25 Å². The largest absolute Gasteiger partial charge is 0.227 e. The molecule has 0 bridgehead atoms. The summed E-state index contributed by atoms with van der Waals surface area (Å²) in [6.45, 7) is 2.11. The second-order valence-corrected chi connectivity index (χ2v) is 5.75. The van der Waals surface area contributed by atoms with Gasteiger partial charge in [-0.1, -0.05) is 6.92 Å². The fourth-order valence-corrected chi connectivity index (χ4v) is 2.55. The van der Waals surface area contributed by atoms with Gasteiger partial charge in [0.05, 0.1) is 6.07 Å². The fraction of sp³-hybridized carbons (Fsp3) is 0.875. The summed E-state index contributed by atoms with van der Waals surface area (Å²) in [4.78, 5) is 0. The van der Waals surface area contributed by atoms with E-state index in [1.54, 1.807) is 24.8 Å². The van der Waals surface area contributed by atoms with Gasteiger partial charge in [-0.2, -0.15) is 17.0 Å². The third-order valence-electron chi connectivity index (χ3n) is 1.72. The van der Waals surface area contributed by atoms with Crippen LogP contribution < -0.4 is 4.72 Å². The summed E-state index contributed by atoms with van der Waals surface area (Å²) in [7, 11) is -3.42. The summed E-state index contributed by atoms with van der Waals surface area (Å²) in [5, 5.41) is 7.67. The third-order valence-corrected chi connectivity index (χ3v) is 4.21. The summed E-state index contributed by atoms with van der Waals surface area (Å²) in [5.74, 6) is 0.922. The van der Waals surface area contributed by atoms with Gasteiger partial charge in [-0.3, -0.25) is 0 Å². The van der Waals surface area contributed by atoms with Gasteiger partial charge in [-0.05, 0) is 24.9 Å². The Morgan fingerprint density at radius 2 is 2.21 bits per heavy atom. The number of sulfonamides is 1. The highest BCUT2D eigenvalue weighted by atomic mass is 32.2. The maximum atomic E-state index is 11.4. The topological polar surface area (TPSA) is 70.0 Å². The van der Waals surface area contributed by atoms with Crippen molar-refractivity contribution in [3.8, 4) is 6.07 Å². The van der Waals surface area contributed by atoms with E-state index in [2.05, 4.69) is 4.72 Å². The Morgan fingerprint density at radius 1 is 1.57 bits per heavy atom. The normalized spacial score (nSPS) is 13.5. The summed E-state index contributed by atoms with van der Waals surface area (Å²) < 4.78 is 25.3. The molecule has 0 aliphatic rings. The number of thioether (sulfide) groups is 1. The molecule has 14 heavy (non-hydrogen) atoms. The molecule has 0 aromatic rings. The molecule has 4 nitrogen and oxygen atoms in total. The summed E-state index contributed by atoms with van der Waals surface area (Å²) in [6.07, 6.45) is 3.09. The number of nitriles is 1. The van der Waals surface area contributed by atoms with Crippen LogP contribution >= 0.6 is 11.8 Å². The maximum absolute atomic E-state index is 11.4. The van der Waals surface area contributed by atoms with Crippen molar-refractivity contribution >= 4 is 21.8 Å². The first-order chi connectivity index (χ1) is 6.58. The second kappa shape index (κ2) is 7.10. The number of hydrogen-bond acceptors (Lipinski definition) is 4. The maximum Gasteiger partial charge on any atom is 0.227 e. The minimum atomic E-state index is -3.42. The average molecular weight is 236 g/mol. The molecule has 0 fully saturated rings. The molecule has 0 aliphatic carbocycles. The van der Waals surface area contributed by atoms with E-state index in [1.807, 2.05) is 6.26 Å². The van der Waals surface area contributed by atoms with E-state index in [9.17, 15) is 8.42 Å². The second-order valence-electron chi connectivity index (χ2n) is 2.81. The van der Waals surface area contributed by atoms with Crippen molar-refractivity contribution in [2.75, 3.05) is 18.6 Å². The van der Waals surface area contributed by atoms with Gasteiger partial charge in [0, 0.05) is 6.54 Å². The van der Waals surface area contributed by atoms with Crippen molar-refractivity contribution in [1.82, 2.24) is 4.72 Å². The van der Waals surface area contributed by atoms with Crippen LogP contribution in [0.1, 0.15) is 19.8 Å². The summed E-state index contributed by atoms with van der Waals surface area (Å²) >= 11 is 1.67. The van der Waals surface area contributed by atoms with Crippen LogP contribution in [0.4, 0.5) is 0 Å². The Morgan fingerprint density at radius 3 is 2.64 bits per heavy atom. The molecule has 1 atom stereocenters. The van der Waals surface area contributed by atoms with Gasteiger partial charge in [0.25, 0.3) is 0 Å². The van der Waals surface area contributed by atoms with E-state index in [1.165, 1.54) is 0 Å². The monoisotopic (exact) mass is 236 g/mol. The lowest BCUT2D eigenvalue weighted by Gasteiger charge is -2.09. The summed E-state index contributed by atoms with van der Waals surface area (Å²) in [5.41, 5.74) is 0. The zero-order chi connectivity index (χ0) is 11.0. The molecule has 0 spiro atoms. The van der Waals surface area contributed by atoms with Gasteiger partial charge in [-0.15, -0.1) is 0 Å². The van der Waals surface area contributed by atoms with Crippen molar-refractivity contribution in [1.29, 1.82) is 5.26 Å². The lowest BCUT2D eigenvalue weighted by molar-refractivity contribution is 0.572. The van der Waals surface area contributed by atoms with Crippen LogP contribution in [0.25, 0.3) is 0 Å². The van der Waals surface area contributed by atoms with E-state index in [4.69, 9.17) is 5.26 Å². The van der Waals surface area contributed by atoms with Gasteiger partial charge < -0.3 is 0 Å². The molecular formula is C8H16N2O2S2. The first-order valence-electron chi connectivity index (χ1n) is 4.45. The minimum absolute atomic E-state index is 0.328. The molecule has 0 aromatic carbocycles. The van der Waals surface area contributed by atoms with E-state index in [0.717, 1.165) is 12.2 Å². The zero-order valence-corrected chi connectivity index (χ0v) is 10.1. The van der Waals surface area contributed by atoms with Gasteiger partial charge in [-0.25, -0.2) is 13.1 Å². The molecular weight excluding hydrogens is 220 g/mol. The number of hydrogen-bond donors (Lipinski definition) is 1. The quantitative estimate of drug-likeness (QED) is 0.668. The van der Waals surface area contributed by atoms with E-state index < -0.39 is 15.3 Å². The molecule has 0 saturated heterocycles. The van der Waals surface area contributed by atoms with Crippen LogP contribution in [0.5, 0.6) is 0 Å². The van der Waals surface area contributed by atoms with Gasteiger partial charge in [0.1, 0.15) is 0 Å². The SMILES string of the molecule is CCC(C#N)S(=O)(=O)NCCCSC. The number of rotatable bonds is 7. The first-order valence-corrected chi connectivity index (χ1v) is 7.39. The molecule has 0 rings (SSSR count). The van der Waals surface area contributed by atoms with Crippen molar-refractivity contribution < 1.29 is 8.42 Å². The van der Waals surface area contributed by atoms with Gasteiger partial charge >= 0.3 is 0 Å². The highest BCUT2D eigenvalue weighted by Crippen LogP contribution is 2.03. The lowest BCUT2D eigenvalue weighted by Crippen LogP contribution is -2.33. The Balaban J connectivity index is 4.02.